The predicted octanol–water partition coefficient (Wildman–Crippen LogP) is 4.75. The van der Waals surface area contributed by atoms with E-state index in [-0.39, 0.29) is 23.7 Å². The van der Waals surface area contributed by atoms with Gasteiger partial charge in [0.1, 0.15) is 5.71 Å². The van der Waals surface area contributed by atoms with Gasteiger partial charge in [-0.25, -0.2) is 4.99 Å². The molecule has 0 saturated heterocycles. The zero-order valence-electron chi connectivity index (χ0n) is 16.8. The number of carbonyl (C=O) groups excluding carboxylic acids is 2. The lowest BCUT2D eigenvalue weighted by Gasteiger charge is -2.28. The van der Waals surface area contributed by atoms with Crippen molar-refractivity contribution in [2.24, 2.45) is 16.8 Å². The molecule has 0 saturated carbocycles. The molecule has 0 fully saturated rings. The van der Waals surface area contributed by atoms with Crippen molar-refractivity contribution in [3.8, 4) is 0 Å². The number of halogens is 2. The average Bonchev–Trinajstić information content (AvgIpc) is 3.23. The number of carbonyl (C=O) groups is 2. The van der Waals surface area contributed by atoms with Crippen molar-refractivity contribution in [1.29, 1.82) is 0 Å². The highest BCUT2D eigenvalue weighted by Gasteiger charge is 2.48. The quantitative estimate of drug-likeness (QED) is 0.510. The largest absolute Gasteiger partial charge is 0.361 e. The third-order valence-electron chi connectivity index (χ3n) is 5.33. The molecule has 0 bridgehead atoms. The van der Waals surface area contributed by atoms with Gasteiger partial charge in [-0.1, -0.05) is 27.7 Å². The summed E-state index contributed by atoms with van der Waals surface area (Å²) in [5, 5.41) is 6.63. The molecule has 0 unspecified atom stereocenters. The molecule has 2 amide bonds. The molecule has 8 heteroatoms. The van der Waals surface area contributed by atoms with Crippen LogP contribution in [0, 0.1) is 11.8 Å². The molecule has 3 N–H and O–H groups in total. The number of aliphatic imine (C=N–C) groups is 1. The van der Waals surface area contributed by atoms with E-state index in [9.17, 15) is 9.59 Å². The monoisotopic (exact) mass is 522 g/mol. The Balaban J connectivity index is 1.83. The molecule has 0 aliphatic carbocycles. The van der Waals surface area contributed by atoms with Gasteiger partial charge >= 0.3 is 0 Å². The Labute approximate surface area is 186 Å². The van der Waals surface area contributed by atoms with E-state index in [0.717, 1.165) is 31.8 Å². The fraction of sp³-hybridized carbons (Fsp3) is 0.381. The third-order valence-corrected chi connectivity index (χ3v) is 7.17. The summed E-state index contributed by atoms with van der Waals surface area (Å²) in [5.74, 6) is -0.802. The molecule has 154 valence electrons. The van der Waals surface area contributed by atoms with Crippen molar-refractivity contribution in [3.63, 3.8) is 0 Å². The first-order chi connectivity index (χ1) is 13.7. The molecule has 2 atom stereocenters. The van der Waals surface area contributed by atoms with Gasteiger partial charge in [0.2, 0.25) is 5.66 Å². The van der Waals surface area contributed by atoms with Crippen LogP contribution in [0.25, 0.3) is 17.0 Å². The summed E-state index contributed by atoms with van der Waals surface area (Å²) in [6.45, 7) is 7.69. The molecule has 1 aromatic heterocycles. The molecular weight excluding hydrogens is 500 g/mol. The summed E-state index contributed by atoms with van der Waals surface area (Å²) < 4.78 is 1.91. The van der Waals surface area contributed by atoms with Crippen LogP contribution in [-0.2, 0) is 9.59 Å². The van der Waals surface area contributed by atoms with Crippen molar-refractivity contribution in [1.82, 2.24) is 15.6 Å². The van der Waals surface area contributed by atoms with Gasteiger partial charge in [-0.2, -0.15) is 0 Å². The van der Waals surface area contributed by atoms with Gasteiger partial charge in [-0.3, -0.25) is 9.59 Å². The second-order valence-corrected chi connectivity index (χ2v) is 9.25. The van der Waals surface area contributed by atoms with Gasteiger partial charge in [-0.15, -0.1) is 0 Å². The molecular formula is C21H24Br2N4O2. The van der Waals surface area contributed by atoms with E-state index in [1.54, 1.807) is 6.20 Å². The summed E-state index contributed by atoms with van der Waals surface area (Å²) in [6.07, 6.45) is 6.07. The number of nitrogens with one attached hydrogen (secondary N) is 3. The first-order valence-corrected chi connectivity index (χ1v) is 11.1. The number of amides is 2. The molecule has 29 heavy (non-hydrogen) atoms. The molecule has 0 spiro atoms. The zero-order chi connectivity index (χ0) is 21.3. The Morgan fingerprint density at radius 2 is 1.97 bits per heavy atom. The first-order valence-electron chi connectivity index (χ1n) is 9.55. The fourth-order valence-electron chi connectivity index (χ4n) is 3.27. The number of H-pyrrole nitrogens is 1. The van der Waals surface area contributed by atoms with Crippen molar-refractivity contribution in [2.75, 3.05) is 0 Å². The van der Waals surface area contributed by atoms with Crippen molar-refractivity contribution in [3.05, 3.63) is 39.0 Å². The smallest absolute Gasteiger partial charge is 0.272 e. The number of benzene rings is 1. The Morgan fingerprint density at radius 3 is 2.62 bits per heavy atom. The van der Waals surface area contributed by atoms with Crippen LogP contribution in [0.4, 0.5) is 0 Å². The standard InChI is InChI=1S/C21H24Br2N4O2/c1-5-12(4)18-19(28)27-21(26-18,11(2)3)20(29)24-7-6-13-10-25-17-9-16(23)15(22)8-14(13)17/h6-12,25H,5H2,1-4H3,(H,24,29)(H,27,28)/b7-6-/t12-,21-/m1/s1. The lowest BCUT2D eigenvalue weighted by Crippen LogP contribution is -2.57. The SMILES string of the molecule is CC[C@@H](C)C1=N[C@](C(=O)N/C=C\c2c[nH]c3cc(Br)c(Br)cc23)(C(C)C)NC1=O. The van der Waals surface area contributed by atoms with Gasteiger partial charge in [0.15, 0.2) is 0 Å². The van der Waals surface area contributed by atoms with E-state index in [0.29, 0.717) is 5.71 Å². The van der Waals surface area contributed by atoms with E-state index in [1.807, 2.05) is 52.1 Å². The number of aromatic nitrogens is 1. The highest BCUT2D eigenvalue weighted by atomic mass is 79.9. The molecule has 1 aliphatic heterocycles. The van der Waals surface area contributed by atoms with Crippen LogP contribution >= 0.6 is 31.9 Å². The minimum Gasteiger partial charge on any atom is -0.361 e. The predicted molar refractivity (Wildman–Crippen MR) is 123 cm³/mol. The molecule has 6 nitrogen and oxygen atoms in total. The van der Waals surface area contributed by atoms with Crippen molar-refractivity contribution < 1.29 is 9.59 Å². The number of rotatable bonds is 6. The summed E-state index contributed by atoms with van der Waals surface area (Å²) >= 11 is 7.00. The van der Waals surface area contributed by atoms with Crippen LogP contribution < -0.4 is 10.6 Å². The number of fused-ring (bicyclic) bond motifs is 1. The van der Waals surface area contributed by atoms with Crippen LogP contribution in [0.1, 0.15) is 39.7 Å². The molecule has 3 rings (SSSR count). The summed E-state index contributed by atoms with van der Waals surface area (Å²) in [4.78, 5) is 33.2. The fourth-order valence-corrected chi connectivity index (χ4v) is 3.96. The third kappa shape index (κ3) is 4.05. The lowest BCUT2D eigenvalue weighted by molar-refractivity contribution is -0.131. The van der Waals surface area contributed by atoms with Gasteiger partial charge in [0.25, 0.3) is 11.8 Å². The highest BCUT2D eigenvalue weighted by molar-refractivity contribution is 9.13. The molecule has 2 heterocycles. The Morgan fingerprint density at radius 1 is 1.28 bits per heavy atom. The first kappa shape index (κ1) is 21.8. The van der Waals surface area contributed by atoms with E-state index >= 15 is 0 Å². The Kier molecular flexibility index (Phi) is 6.33. The molecule has 2 aromatic rings. The minimum absolute atomic E-state index is 0.00274. The normalized spacial score (nSPS) is 20.4. The molecule has 1 aliphatic rings. The number of hydrogen-bond donors (Lipinski definition) is 3. The van der Waals surface area contributed by atoms with Crippen LogP contribution in [0.2, 0.25) is 0 Å². The van der Waals surface area contributed by atoms with Crippen LogP contribution in [-0.4, -0.2) is 28.2 Å². The number of hydrogen-bond acceptors (Lipinski definition) is 3. The molecule has 1 aromatic carbocycles. The maximum absolute atomic E-state index is 13.0. The zero-order valence-corrected chi connectivity index (χ0v) is 19.9. The maximum atomic E-state index is 13.0. The number of nitrogens with zero attached hydrogens (tertiary/aromatic N) is 1. The summed E-state index contributed by atoms with van der Waals surface area (Å²) in [6, 6.07) is 4.00. The van der Waals surface area contributed by atoms with Gasteiger partial charge in [0, 0.05) is 49.6 Å². The summed E-state index contributed by atoms with van der Waals surface area (Å²) in [5.41, 5.74) is 1.07. The van der Waals surface area contributed by atoms with E-state index in [2.05, 4.69) is 52.5 Å². The van der Waals surface area contributed by atoms with Crippen LogP contribution in [0.5, 0.6) is 0 Å². The van der Waals surface area contributed by atoms with Gasteiger partial charge in [-0.05, 0) is 56.5 Å². The van der Waals surface area contributed by atoms with E-state index in [1.165, 1.54) is 0 Å². The van der Waals surface area contributed by atoms with Gasteiger partial charge in [0.05, 0.1) is 0 Å². The topological polar surface area (TPSA) is 86.3 Å². The minimum atomic E-state index is -1.28. The van der Waals surface area contributed by atoms with E-state index < -0.39 is 5.66 Å². The van der Waals surface area contributed by atoms with Crippen molar-refractivity contribution >= 4 is 66.4 Å². The van der Waals surface area contributed by atoms with Gasteiger partial charge < -0.3 is 15.6 Å². The van der Waals surface area contributed by atoms with Crippen LogP contribution in [0.3, 0.4) is 0 Å². The number of aromatic amines is 1. The highest BCUT2D eigenvalue weighted by Crippen LogP contribution is 2.31. The average molecular weight is 524 g/mol. The second-order valence-electron chi connectivity index (χ2n) is 7.54. The summed E-state index contributed by atoms with van der Waals surface area (Å²) in [7, 11) is 0. The van der Waals surface area contributed by atoms with Crippen LogP contribution in [0.15, 0.2) is 38.5 Å². The van der Waals surface area contributed by atoms with E-state index in [4.69, 9.17) is 0 Å². The molecule has 0 radical (unpaired) electrons. The Hall–Kier alpha value is -1.93. The van der Waals surface area contributed by atoms with Crippen molar-refractivity contribution in [2.45, 2.75) is 39.8 Å². The Bertz CT molecular complexity index is 1030. The lowest BCUT2D eigenvalue weighted by atomic mass is 9.96. The second kappa shape index (κ2) is 8.44. The maximum Gasteiger partial charge on any atom is 0.272 e.